The second-order valence-electron chi connectivity index (χ2n) is 4.24. The van der Waals surface area contributed by atoms with Crippen LogP contribution in [0.5, 0.6) is 0 Å². The van der Waals surface area contributed by atoms with E-state index < -0.39 is 5.25 Å². The first-order valence-corrected chi connectivity index (χ1v) is 8.08. The number of rotatable bonds is 5. The largest absolute Gasteiger partial charge is 0.368 e. The van der Waals surface area contributed by atoms with Crippen molar-refractivity contribution < 1.29 is 4.79 Å². The Labute approximate surface area is 134 Å². The first-order chi connectivity index (χ1) is 10.7. The van der Waals surface area contributed by atoms with Crippen molar-refractivity contribution in [2.45, 2.75) is 10.4 Å². The van der Waals surface area contributed by atoms with Gasteiger partial charge in [0.1, 0.15) is 5.25 Å². The fourth-order valence-corrected chi connectivity index (χ4v) is 3.22. The molecule has 112 valence electrons. The van der Waals surface area contributed by atoms with Gasteiger partial charge in [-0.3, -0.25) is 4.79 Å². The summed E-state index contributed by atoms with van der Waals surface area (Å²) in [5.74, 6) is 0.0316. The van der Waals surface area contributed by atoms with Crippen LogP contribution in [-0.2, 0) is 4.79 Å². The molecule has 0 aliphatic carbocycles. The second kappa shape index (κ2) is 6.58. The van der Waals surface area contributed by atoms with E-state index in [-0.39, 0.29) is 11.9 Å². The number of hydrogen-bond acceptors (Lipinski definition) is 7. The molecule has 0 spiro atoms. The lowest BCUT2D eigenvalue weighted by atomic mass is 10.1. The number of aromatic nitrogens is 4. The molecule has 3 rings (SSSR count). The third-order valence-corrected chi connectivity index (χ3v) is 4.51. The number of H-pyrrole nitrogens is 1. The van der Waals surface area contributed by atoms with E-state index in [0.717, 1.165) is 5.56 Å². The zero-order valence-corrected chi connectivity index (χ0v) is 12.9. The molecule has 0 saturated heterocycles. The van der Waals surface area contributed by atoms with Gasteiger partial charge in [-0.15, -0.1) is 16.4 Å². The van der Waals surface area contributed by atoms with E-state index in [1.54, 1.807) is 11.6 Å². The number of amides is 1. The van der Waals surface area contributed by atoms with Crippen LogP contribution in [0.3, 0.4) is 0 Å². The zero-order chi connectivity index (χ0) is 15.4. The number of thioether (sulfide) groups is 1. The quantitative estimate of drug-likeness (QED) is 0.619. The van der Waals surface area contributed by atoms with E-state index >= 15 is 0 Å². The summed E-state index contributed by atoms with van der Waals surface area (Å²) in [6.45, 7) is 0. The lowest BCUT2D eigenvalue weighted by molar-refractivity contribution is -0.115. The van der Waals surface area contributed by atoms with Crippen molar-refractivity contribution in [3.8, 4) is 0 Å². The highest BCUT2D eigenvalue weighted by molar-refractivity contribution is 8.00. The van der Waals surface area contributed by atoms with Gasteiger partial charge in [0, 0.05) is 11.6 Å². The molecule has 22 heavy (non-hydrogen) atoms. The number of benzene rings is 1. The normalized spacial score (nSPS) is 12.0. The van der Waals surface area contributed by atoms with Gasteiger partial charge in [-0.25, -0.2) is 10.1 Å². The summed E-state index contributed by atoms with van der Waals surface area (Å²) in [4.78, 5) is 20.7. The summed E-state index contributed by atoms with van der Waals surface area (Å²) in [5, 5.41) is 11.6. The fourth-order valence-electron chi connectivity index (χ4n) is 1.77. The Morgan fingerprint density at radius 1 is 1.36 bits per heavy atom. The molecule has 9 heteroatoms. The van der Waals surface area contributed by atoms with Gasteiger partial charge >= 0.3 is 0 Å². The van der Waals surface area contributed by atoms with E-state index in [2.05, 4.69) is 25.5 Å². The molecule has 0 saturated carbocycles. The van der Waals surface area contributed by atoms with Crippen molar-refractivity contribution in [3.63, 3.8) is 0 Å². The molecule has 0 fully saturated rings. The van der Waals surface area contributed by atoms with Crippen molar-refractivity contribution in [1.82, 2.24) is 20.2 Å². The predicted octanol–water partition coefficient (Wildman–Crippen LogP) is 2.32. The van der Waals surface area contributed by atoms with Crippen molar-refractivity contribution in [2.75, 3.05) is 11.1 Å². The summed E-state index contributed by atoms with van der Waals surface area (Å²) in [5.41, 5.74) is 6.38. The average Bonchev–Trinajstić information content (AvgIpc) is 3.17. The maximum atomic E-state index is 12.6. The van der Waals surface area contributed by atoms with Gasteiger partial charge in [0.15, 0.2) is 5.13 Å². The molecular formula is C13H12N6OS2. The van der Waals surface area contributed by atoms with Gasteiger partial charge in [-0.05, 0) is 5.56 Å². The summed E-state index contributed by atoms with van der Waals surface area (Å²) in [6, 6.07) is 9.43. The van der Waals surface area contributed by atoms with E-state index in [1.807, 2.05) is 30.3 Å². The van der Waals surface area contributed by atoms with Crippen LogP contribution in [0.15, 0.2) is 47.1 Å². The van der Waals surface area contributed by atoms with Crippen LogP contribution in [0.25, 0.3) is 0 Å². The number of nitrogen functional groups attached to an aromatic ring is 1. The molecule has 0 aliphatic heterocycles. The molecule has 4 N–H and O–H groups in total. The summed E-state index contributed by atoms with van der Waals surface area (Å²) >= 11 is 2.59. The minimum atomic E-state index is -0.500. The third-order valence-electron chi connectivity index (χ3n) is 2.71. The van der Waals surface area contributed by atoms with Gasteiger partial charge in [0.25, 0.3) is 0 Å². The van der Waals surface area contributed by atoms with Crippen LogP contribution in [0.2, 0.25) is 0 Å². The number of nitrogens with one attached hydrogen (secondary N) is 2. The molecule has 7 nitrogen and oxygen atoms in total. The van der Waals surface area contributed by atoms with Crippen LogP contribution in [0.4, 0.5) is 11.1 Å². The van der Waals surface area contributed by atoms with Crippen molar-refractivity contribution in [2.24, 2.45) is 0 Å². The lowest BCUT2D eigenvalue weighted by Crippen LogP contribution is -2.19. The van der Waals surface area contributed by atoms with Crippen LogP contribution in [0, 0.1) is 0 Å². The monoisotopic (exact) mass is 332 g/mol. The standard InChI is InChI=1S/C13H12N6OS2/c14-11-17-13(19-18-11)22-9(8-4-2-1-3-5-8)10(20)16-12-15-6-7-21-12/h1-7,9H,(H,15,16,20)(H3,14,17,18,19). The highest BCUT2D eigenvalue weighted by Gasteiger charge is 2.24. The Hall–Kier alpha value is -2.39. The molecule has 2 aromatic heterocycles. The molecular weight excluding hydrogens is 320 g/mol. The van der Waals surface area contributed by atoms with Crippen molar-refractivity contribution in [1.29, 1.82) is 0 Å². The Bertz CT molecular complexity index is 743. The Kier molecular flexibility index (Phi) is 4.35. The number of carbonyl (C=O) groups excluding carboxylic acids is 1. The molecule has 0 aliphatic rings. The summed E-state index contributed by atoms with van der Waals surface area (Å²) in [7, 11) is 0. The van der Waals surface area contributed by atoms with E-state index in [9.17, 15) is 4.79 Å². The number of nitrogens with zero attached hydrogens (tertiary/aromatic N) is 3. The van der Waals surface area contributed by atoms with Gasteiger partial charge < -0.3 is 11.1 Å². The minimum absolute atomic E-state index is 0.186. The number of carbonyl (C=O) groups is 1. The Morgan fingerprint density at radius 3 is 2.82 bits per heavy atom. The number of thiazole rings is 1. The average molecular weight is 332 g/mol. The smallest absolute Gasteiger partial charge is 0.244 e. The molecule has 2 heterocycles. The maximum absolute atomic E-state index is 12.6. The zero-order valence-electron chi connectivity index (χ0n) is 11.3. The van der Waals surface area contributed by atoms with E-state index in [1.165, 1.54) is 23.1 Å². The maximum Gasteiger partial charge on any atom is 0.244 e. The van der Waals surface area contributed by atoms with Gasteiger partial charge in [0.05, 0.1) is 0 Å². The molecule has 0 bridgehead atoms. The Balaban J connectivity index is 1.83. The topological polar surface area (TPSA) is 110 Å². The Morgan fingerprint density at radius 2 is 2.18 bits per heavy atom. The first kappa shape index (κ1) is 14.5. The van der Waals surface area contributed by atoms with Crippen LogP contribution in [0.1, 0.15) is 10.8 Å². The van der Waals surface area contributed by atoms with Gasteiger partial charge in [-0.1, -0.05) is 42.1 Å². The third kappa shape index (κ3) is 3.43. The second-order valence-corrected chi connectivity index (χ2v) is 6.21. The summed E-state index contributed by atoms with van der Waals surface area (Å²) < 4.78 is 0. The number of nitrogens with two attached hydrogens (primary N) is 1. The molecule has 3 aromatic rings. The molecule has 1 unspecified atom stereocenters. The molecule has 0 radical (unpaired) electrons. The minimum Gasteiger partial charge on any atom is -0.368 e. The van der Waals surface area contributed by atoms with Crippen molar-refractivity contribution >= 4 is 40.1 Å². The molecule has 1 atom stereocenters. The first-order valence-electron chi connectivity index (χ1n) is 6.32. The number of hydrogen-bond donors (Lipinski definition) is 3. The fraction of sp³-hybridized carbons (Fsp3) is 0.0769. The summed E-state index contributed by atoms with van der Waals surface area (Å²) in [6.07, 6.45) is 1.64. The predicted molar refractivity (Wildman–Crippen MR) is 86.6 cm³/mol. The SMILES string of the molecule is Nc1nc(SC(C(=O)Nc2nccs2)c2ccccc2)n[nH]1. The van der Waals surface area contributed by atoms with Crippen LogP contribution in [-0.4, -0.2) is 26.1 Å². The van der Waals surface area contributed by atoms with Gasteiger partial charge in [0.2, 0.25) is 17.0 Å². The van der Waals surface area contributed by atoms with Crippen molar-refractivity contribution in [3.05, 3.63) is 47.5 Å². The number of aromatic amines is 1. The lowest BCUT2D eigenvalue weighted by Gasteiger charge is -2.14. The number of anilines is 2. The highest BCUT2D eigenvalue weighted by Crippen LogP contribution is 2.34. The van der Waals surface area contributed by atoms with Crippen LogP contribution >= 0.6 is 23.1 Å². The van der Waals surface area contributed by atoms with E-state index in [0.29, 0.717) is 10.3 Å². The highest BCUT2D eigenvalue weighted by atomic mass is 32.2. The van der Waals surface area contributed by atoms with Gasteiger partial charge in [-0.2, -0.15) is 4.98 Å². The molecule has 1 aromatic carbocycles. The molecule has 1 amide bonds. The van der Waals surface area contributed by atoms with E-state index in [4.69, 9.17) is 5.73 Å². The van der Waals surface area contributed by atoms with Crippen LogP contribution < -0.4 is 11.1 Å².